The fourth-order valence-corrected chi connectivity index (χ4v) is 1.24. The number of carbonyl (C=O) groups excluding carboxylic acids is 1. The van der Waals surface area contributed by atoms with E-state index in [9.17, 15) is 9.59 Å². The van der Waals surface area contributed by atoms with Gasteiger partial charge in [0.1, 0.15) is 5.69 Å². The van der Waals surface area contributed by atoms with E-state index in [1.54, 1.807) is 6.92 Å². The molecule has 0 aliphatic carbocycles. The molecule has 0 saturated heterocycles. The fraction of sp³-hybridized carbons (Fsp3) is 0.545. The summed E-state index contributed by atoms with van der Waals surface area (Å²) in [5.74, 6) is -0.429. The quantitative estimate of drug-likeness (QED) is 0.680. The highest BCUT2D eigenvalue weighted by Crippen LogP contribution is 1.91. The van der Waals surface area contributed by atoms with E-state index in [2.05, 4.69) is 10.4 Å². The Labute approximate surface area is 104 Å². The van der Waals surface area contributed by atoms with Crippen molar-refractivity contribution in [1.29, 1.82) is 0 Å². The van der Waals surface area contributed by atoms with Crippen molar-refractivity contribution in [2.45, 2.75) is 19.6 Å². The van der Waals surface area contributed by atoms with E-state index in [4.69, 9.17) is 9.84 Å². The van der Waals surface area contributed by atoms with Crippen molar-refractivity contribution < 1.29 is 14.6 Å². The monoisotopic (exact) mass is 255 g/mol. The molecule has 0 spiro atoms. The van der Waals surface area contributed by atoms with Gasteiger partial charge in [0.25, 0.3) is 11.5 Å². The number of aliphatic hydroxyl groups is 1. The van der Waals surface area contributed by atoms with E-state index < -0.39 is 12.0 Å². The molecular formula is C11H17N3O4. The number of ether oxygens (including phenoxy) is 1. The van der Waals surface area contributed by atoms with Crippen molar-refractivity contribution in [3.63, 3.8) is 0 Å². The molecule has 0 saturated carbocycles. The third-order valence-electron chi connectivity index (χ3n) is 2.16. The Balaban J connectivity index is 2.77. The Morgan fingerprint density at radius 3 is 2.94 bits per heavy atom. The summed E-state index contributed by atoms with van der Waals surface area (Å²) in [6.07, 6.45) is -0.631. The van der Waals surface area contributed by atoms with E-state index in [-0.39, 0.29) is 24.3 Å². The van der Waals surface area contributed by atoms with Crippen LogP contribution in [0.5, 0.6) is 0 Å². The second-order valence-corrected chi connectivity index (χ2v) is 3.83. The van der Waals surface area contributed by atoms with Gasteiger partial charge >= 0.3 is 0 Å². The first-order valence-electron chi connectivity index (χ1n) is 5.58. The Kier molecular flexibility index (Phi) is 5.47. The molecule has 2 N–H and O–H groups in total. The molecule has 0 unspecified atom stereocenters. The van der Waals surface area contributed by atoms with Crippen molar-refractivity contribution in [2.75, 3.05) is 20.3 Å². The lowest BCUT2D eigenvalue weighted by atomic mass is 10.3. The largest absolute Gasteiger partial charge is 0.392 e. The minimum absolute atomic E-state index is 0.131. The van der Waals surface area contributed by atoms with Crippen LogP contribution in [0.2, 0.25) is 0 Å². The lowest BCUT2D eigenvalue weighted by molar-refractivity contribution is 0.0915. The van der Waals surface area contributed by atoms with Gasteiger partial charge in [-0.15, -0.1) is 0 Å². The number of nitrogens with zero attached hydrogens (tertiary/aromatic N) is 2. The topological polar surface area (TPSA) is 93.5 Å². The van der Waals surface area contributed by atoms with Gasteiger partial charge in [0.05, 0.1) is 19.3 Å². The van der Waals surface area contributed by atoms with E-state index in [0.29, 0.717) is 6.61 Å². The van der Waals surface area contributed by atoms with E-state index in [1.165, 1.54) is 23.9 Å². The molecular weight excluding hydrogens is 238 g/mol. The lowest BCUT2D eigenvalue weighted by Gasteiger charge is -2.08. The highest BCUT2D eigenvalue weighted by Gasteiger charge is 2.09. The SMILES string of the molecule is COCCn1nc(C(=O)NC[C@@H](C)O)ccc1=O. The third kappa shape index (κ3) is 4.27. The van der Waals surface area contributed by atoms with Crippen LogP contribution in [-0.2, 0) is 11.3 Å². The van der Waals surface area contributed by atoms with E-state index in [1.807, 2.05) is 0 Å². The van der Waals surface area contributed by atoms with Gasteiger partial charge in [-0.3, -0.25) is 9.59 Å². The summed E-state index contributed by atoms with van der Waals surface area (Å²) in [6.45, 7) is 2.32. The lowest BCUT2D eigenvalue weighted by Crippen LogP contribution is -2.33. The number of rotatable bonds is 6. The van der Waals surface area contributed by atoms with E-state index >= 15 is 0 Å². The summed E-state index contributed by atoms with van der Waals surface area (Å²) in [5, 5.41) is 15.5. The number of hydrogen-bond donors (Lipinski definition) is 2. The summed E-state index contributed by atoms with van der Waals surface area (Å²) >= 11 is 0. The Hall–Kier alpha value is -1.73. The normalized spacial score (nSPS) is 12.2. The number of hydrogen-bond acceptors (Lipinski definition) is 5. The number of nitrogens with one attached hydrogen (secondary N) is 1. The van der Waals surface area contributed by atoms with Gasteiger partial charge in [-0.05, 0) is 13.0 Å². The molecule has 100 valence electrons. The first-order chi connectivity index (χ1) is 8.54. The summed E-state index contributed by atoms with van der Waals surface area (Å²) in [7, 11) is 1.52. The van der Waals surface area contributed by atoms with Crippen LogP contribution in [0.4, 0.5) is 0 Å². The average molecular weight is 255 g/mol. The maximum absolute atomic E-state index is 11.7. The summed E-state index contributed by atoms with van der Waals surface area (Å²) in [6, 6.07) is 2.63. The summed E-state index contributed by atoms with van der Waals surface area (Å²) < 4.78 is 6.01. The van der Waals surface area contributed by atoms with Crippen LogP contribution in [0.15, 0.2) is 16.9 Å². The van der Waals surface area contributed by atoms with Gasteiger partial charge in [-0.2, -0.15) is 5.10 Å². The number of amides is 1. The molecule has 18 heavy (non-hydrogen) atoms. The van der Waals surface area contributed by atoms with Crippen LogP contribution in [0, 0.1) is 0 Å². The molecule has 0 bridgehead atoms. The molecule has 0 aliphatic rings. The molecule has 0 fully saturated rings. The highest BCUT2D eigenvalue weighted by atomic mass is 16.5. The fourth-order valence-electron chi connectivity index (χ4n) is 1.24. The molecule has 1 heterocycles. The first kappa shape index (κ1) is 14.3. The van der Waals surface area contributed by atoms with Crippen molar-refractivity contribution in [3.8, 4) is 0 Å². The highest BCUT2D eigenvalue weighted by molar-refractivity contribution is 5.91. The van der Waals surface area contributed by atoms with Gasteiger partial charge in [0.15, 0.2) is 0 Å². The van der Waals surface area contributed by atoms with Crippen LogP contribution in [-0.4, -0.2) is 47.2 Å². The van der Waals surface area contributed by atoms with Crippen LogP contribution < -0.4 is 10.9 Å². The van der Waals surface area contributed by atoms with Crippen molar-refractivity contribution in [3.05, 3.63) is 28.2 Å². The minimum Gasteiger partial charge on any atom is -0.392 e. The van der Waals surface area contributed by atoms with Crippen LogP contribution in [0.1, 0.15) is 17.4 Å². The third-order valence-corrected chi connectivity index (χ3v) is 2.16. The van der Waals surface area contributed by atoms with Crippen LogP contribution in [0.3, 0.4) is 0 Å². The van der Waals surface area contributed by atoms with Gasteiger partial charge in [0, 0.05) is 19.7 Å². The zero-order valence-corrected chi connectivity index (χ0v) is 10.4. The summed E-state index contributed by atoms with van der Waals surface area (Å²) in [4.78, 5) is 23.1. The second kappa shape index (κ2) is 6.87. The second-order valence-electron chi connectivity index (χ2n) is 3.83. The molecule has 1 aromatic rings. The number of aromatic nitrogens is 2. The van der Waals surface area contributed by atoms with Crippen LogP contribution in [0.25, 0.3) is 0 Å². The summed E-state index contributed by atoms with van der Waals surface area (Å²) in [5.41, 5.74) is -0.162. The van der Waals surface area contributed by atoms with Gasteiger partial charge in [0.2, 0.25) is 0 Å². The maximum Gasteiger partial charge on any atom is 0.271 e. The predicted octanol–water partition coefficient (Wildman–Crippen LogP) is -1.000. The van der Waals surface area contributed by atoms with Gasteiger partial charge in [-0.1, -0.05) is 0 Å². The predicted molar refractivity (Wildman–Crippen MR) is 64.4 cm³/mol. The van der Waals surface area contributed by atoms with Crippen molar-refractivity contribution in [2.24, 2.45) is 0 Å². The molecule has 0 aromatic carbocycles. The Bertz CT molecular complexity index is 456. The molecule has 1 atom stereocenters. The molecule has 7 heteroatoms. The Morgan fingerprint density at radius 1 is 1.61 bits per heavy atom. The minimum atomic E-state index is -0.631. The van der Waals surface area contributed by atoms with Gasteiger partial charge < -0.3 is 15.2 Å². The average Bonchev–Trinajstić information content (AvgIpc) is 2.35. The number of aliphatic hydroxyl groups excluding tert-OH is 1. The molecule has 1 amide bonds. The van der Waals surface area contributed by atoms with Gasteiger partial charge in [-0.25, -0.2) is 4.68 Å². The molecule has 1 aromatic heterocycles. The zero-order valence-electron chi connectivity index (χ0n) is 10.4. The smallest absolute Gasteiger partial charge is 0.271 e. The first-order valence-corrected chi connectivity index (χ1v) is 5.58. The van der Waals surface area contributed by atoms with Crippen molar-refractivity contribution >= 4 is 5.91 Å². The maximum atomic E-state index is 11.7. The number of carbonyl (C=O) groups is 1. The van der Waals surface area contributed by atoms with E-state index in [0.717, 1.165) is 0 Å². The van der Waals surface area contributed by atoms with Crippen LogP contribution >= 0.6 is 0 Å². The molecule has 1 rings (SSSR count). The molecule has 0 aliphatic heterocycles. The molecule has 0 radical (unpaired) electrons. The van der Waals surface area contributed by atoms with Crippen molar-refractivity contribution in [1.82, 2.24) is 15.1 Å². The Morgan fingerprint density at radius 2 is 2.33 bits per heavy atom. The number of methoxy groups -OCH3 is 1. The molecule has 7 nitrogen and oxygen atoms in total. The zero-order chi connectivity index (χ0) is 13.5. The standard InChI is InChI=1S/C11H17N3O4/c1-8(15)7-12-11(17)9-3-4-10(16)14(13-9)5-6-18-2/h3-4,8,15H,5-7H2,1-2H3,(H,12,17)/t8-/m1/s1.